The van der Waals surface area contributed by atoms with Crippen molar-refractivity contribution in [2.75, 3.05) is 26.2 Å². The van der Waals surface area contributed by atoms with Gasteiger partial charge in [-0.3, -0.25) is 9.78 Å². The minimum absolute atomic E-state index is 0.135. The van der Waals surface area contributed by atoms with Crippen LogP contribution in [0.1, 0.15) is 56.6 Å². The molecule has 0 unspecified atom stereocenters. The van der Waals surface area contributed by atoms with Gasteiger partial charge in [0.05, 0.1) is 10.7 Å². The summed E-state index contributed by atoms with van der Waals surface area (Å²) < 4.78 is 28.0. The van der Waals surface area contributed by atoms with Crippen molar-refractivity contribution in [2.24, 2.45) is 5.92 Å². The van der Waals surface area contributed by atoms with Gasteiger partial charge < -0.3 is 4.90 Å². The highest BCUT2D eigenvalue weighted by Gasteiger charge is 2.36. The van der Waals surface area contributed by atoms with Crippen LogP contribution in [0.2, 0.25) is 5.02 Å². The van der Waals surface area contributed by atoms with E-state index in [9.17, 15) is 13.2 Å². The van der Waals surface area contributed by atoms with E-state index in [1.165, 1.54) is 16.6 Å². The second-order valence-electron chi connectivity index (χ2n) is 7.88. The molecule has 148 valence electrons. The minimum atomic E-state index is -3.66. The van der Waals surface area contributed by atoms with E-state index in [2.05, 4.69) is 4.98 Å². The van der Waals surface area contributed by atoms with Crippen LogP contribution >= 0.6 is 11.6 Å². The number of halogens is 1. The number of piperazine rings is 1. The summed E-state index contributed by atoms with van der Waals surface area (Å²) in [6, 6.07) is 1.54. The van der Waals surface area contributed by atoms with Crippen molar-refractivity contribution in [1.29, 1.82) is 0 Å². The van der Waals surface area contributed by atoms with Crippen LogP contribution < -0.4 is 0 Å². The number of aromatic nitrogens is 1. The van der Waals surface area contributed by atoms with E-state index >= 15 is 0 Å². The Bertz CT molecular complexity index is 811. The molecule has 1 amide bonds. The second-order valence-corrected chi connectivity index (χ2v) is 10.2. The number of amides is 1. The summed E-state index contributed by atoms with van der Waals surface area (Å²) in [5.74, 6) is 0.539. The fourth-order valence-electron chi connectivity index (χ4n) is 4.35. The molecule has 8 heteroatoms. The summed E-state index contributed by atoms with van der Waals surface area (Å²) in [7, 11) is -3.66. The van der Waals surface area contributed by atoms with E-state index in [0.717, 1.165) is 44.9 Å². The Hall–Kier alpha value is -1.18. The maximum Gasteiger partial charge on any atom is 0.245 e. The zero-order chi connectivity index (χ0) is 19.0. The summed E-state index contributed by atoms with van der Waals surface area (Å²) >= 11 is 6.07. The van der Waals surface area contributed by atoms with Crippen LogP contribution in [0.25, 0.3) is 0 Å². The van der Waals surface area contributed by atoms with E-state index in [-0.39, 0.29) is 22.6 Å². The van der Waals surface area contributed by atoms with Crippen LogP contribution in [0, 0.1) is 5.92 Å². The molecule has 27 heavy (non-hydrogen) atoms. The van der Waals surface area contributed by atoms with Crippen molar-refractivity contribution in [2.45, 2.75) is 55.8 Å². The molecule has 3 aliphatic rings. The molecular formula is C19H26ClN3O3S. The maximum atomic E-state index is 13.3. The highest BCUT2D eigenvalue weighted by atomic mass is 35.5. The molecule has 1 aliphatic heterocycles. The Morgan fingerprint density at radius 1 is 1.04 bits per heavy atom. The van der Waals surface area contributed by atoms with Crippen LogP contribution in [-0.2, 0) is 14.8 Å². The average Bonchev–Trinajstić information content (AvgIpc) is 3.16. The Balaban J connectivity index is 1.49. The van der Waals surface area contributed by atoms with E-state index in [4.69, 9.17) is 11.6 Å². The molecular weight excluding hydrogens is 386 g/mol. The molecule has 6 nitrogen and oxygen atoms in total. The SMILES string of the molecule is O=C(C1CCCC1)N1CCN(S(=O)(=O)c2cc(Cl)cnc2C2CCC2)CC1. The number of hydrogen-bond acceptors (Lipinski definition) is 4. The fraction of sp³-hybridized carbons (Fsp3) is 0.684. The molecule has 2 aliphatic carbocycles. The standard InChI is InChI=1S/C19H26ClN3O3S/c20-16-12-17(18(21-13-16)14-6-3-7-14)27(25,26)23-10-8-22(9-11-23)19(24)15-4-1-2-5-15/h12-15H,1-11H2. The lowest BCUT2D eigenvalue weighted by Gasteiger charge is -2.36. The maximum absolute atomic E-state index is 13.3. The van der Waals surface area contributed by atoms with Crippen molar-refractivity contribution in [3.63, 3.8) is 0 Å². The number of pyridine rings is 1. The number of hydrogen-bond donors (Lipinski definition) is 0. The third-order valence-electron chi connectivity index (χ3n) is 6.21. The van der Waals surface area contributed by atoms with Crippen molar-refractivity contribution < 1.29 is 13.2 Å². The highest BCUT2D eigenvalue weighted by Crippen LogP contribution is 2.39. The monoisotopic (exact) mass is 411 g/mol. The van der Waals surface area contributed by atoms with Crippen LogP contribution in [0.4, 0.5) is 0 Å². The molecule has 0 radical (unpaired) electrons. The van der Waals surface area contributed by atoms with Crippen LogP contribution in [0.3, 0.4) is 0 Å². The van der Waals surface area contributed by atoms with Crippen LogP contribution in [-0.4, -0.2) is 54.7 Å². The Morgan fingerprint density at radius 2 is 1.70 bits per heavy atom. The number of carbonyl (C=O) groups excluding carboxylic acids is 1. The normalized spacial score (nSPS) is 22.8. The number of carbonyl (C=O) groups is 1. The van der Waals surface area contributed by atoms with Gasteiger partial charge in [-0.1, -0.05) is 30.9 Å². The van der Waals surface area contributed by atoms with Gasteiger partial charge in [0.1, 0.15) is 4.90 Å². The lowest BCUT2D eigenvalue weighted by Crippen LogP contribution is -2.51. The van der Waals surface area contributed by atoms with E-state index in [1.807, 2.05) is 4.90 Å². The molecule has 2 heterocycles. The van der Waals surface area contributed by atoms with Gasteiger partial charge in [0.25, 0.3) is 0 Å². The number of rotatable bonds is 4. The molecule has 0 bridgehead atoms. The van der Waals surface area contributed by atoms with Crippen LogP contribution in [0.15, 0.2) is 17.2 Å². The smallest absolute Gasteiger partial charge is 0.245 e. The summed E-state index contributed by atoms with van der Waals surface area (Å²) in [4.78, 5) is 19.0. The van der Waals surface area contributed by atoms with Crippen molar-refractivity contribution in [1.82, 2.24) is 14.2 Å². The summed E-state index contributed by atoms with van der Waals surface area (Å²) in [5, 5.41) is 0.340. The zero-order valence-corrected chi connectivity index (χ0v) is 17.0. The van der Waals surface area contributed by atoms with Crippen molar-refractivity contribution in [3.05, 3.63) is 23.0 Å². The fourth-order valence-corrected chi connectivity index (χ4v) is 6.25. The molecule has 0 aromatic carbocycles. The highest BCUT2D eigenvalue weighted by molar-refractivity contribution is 7.89. The molecule has 0 spiro atoms. The second kappa shape index (κ2) is 7.68. The number of nitrogens with zero attached hydrogens (tertiary/aromatic N) is 3. The predicted octanol–water partition coefficient (Wildman–Crippen LogP) is 3.03. The molecule has 0 atom stereocenters. The summed E-state index contributed by atoms with van der Waals surface area (Å²) in [6.45, 7) is 1.58. The van der Waals surface area contributed by atoms with E-state index < -0.39 is 10.0 Å². The molecule has 3 fully saturated rings. The minimum Gasteiger partial charge on any atom is -0.340 e. The lowest BCUT2D eigenvalue weighted by atomic mass is 9.83. The largest absolute Gasteiger partial charge is 0.340 e. The first-order valence-electron chi connectivity index (χ1n) is 9.91. The predicted molar refractivity (Wildman–Crippen MR) is 103 cm³/mol. The molecule has 0 N–H and O–H groups in total. The van der Waals surface area contributed by atoms with Gasteiger partial charge in [-0.15, -0.1) is 0 Å². The van der Waals surface area contributed by atoms with E-state index in [0.29, 0.717) is 36.9 Å². The molecule has 1 aromatic heterocycles. The molecule has 4 rings (SSSR count). The third kappa shape index (κ3) is 3.74. The Morgan fingerprint density at radius 3 is 2.30 bits per heavy atom. The number of sulfonamides is 1. The topological polar surface area (TPSA) is 70.6 Å². The zero-order valence-electron chi connectivity index (χ0n) is 15.4. The molecule has 1 aromatic rings. The van der Waals surface area contributed by atoms with Gasteiger partial charge in [-0.25, -0.2) is 8.42 Å². The van der Waals surface area contributed by atoms with Gasteiger partial charge in [-0.2, -0.15) is 4.31 Å². The van der Waals surface area contributed by atoms with E-state index in [1.54, 1.807) is 0 Å². The van der Waals surface area contributed by atoms with Gasteiger partial charge in [0, 0.05) is 44.2 Å². The first-order valence-corrected chi connectivity index (χ1v) is 11.7. The van der Waals surface area contributed by atoms with Crippen molar-refractivity contribution in [3.8, 4) is 0 Å². The molecule has 2 saturated carbocycles. The third-order valence-corrected chi connectivity index (χ3v) is 8.35. The van der Waals surface area contributed by atoms with Gasteiger partial charge in [0.2, 0.25) is 15.9 Å². The lowest BCUT2D eigenvalue weighted by molar-refractivity contribution is -0.136. The first-order chi connectivity index (χ1) is 13.0. The van der Waals surface area contributed by atoms with Crippen molar-refractivity contribution >= 4 is 27.5 Å². The summed E-state index contributed by atoms with van der Waals surface area (Å²) in [5.41, 5.74) is 0.648. The summed E-state index contributed by atoms with van der Waals surface area (Å²) in [6.07, 6.45) is 8.77. The average molecular weight is 412 g/mol. The van der Waals surface area contributed by atoms with Gasteiger partial charge in [-0.05, 0) is 31.7 Å². The first kappa shape index (κ1) is 19.2. The Kier molecular flexibility index (Phi) is 5.45. The Labute approximate surface area is 165 Å². The van der Waals surface area contributed by atoms with Crippen LogP contribution in [0.5, 0.6) is 0 Å². The molecule has 1 saturated heterocycles. The van der Waals surface area contributed by atoms with Gasteiger partial charge >= 0.3 is 0 Å². The van der Waals surface area contributed by atoms with Gasteiger partial charge in [0.15, 0.2) is 0 Å². The quantitative estimate of drug-likeness (QED) is 0.763.